The number of halogens is 3. The van der Waals surface area contributed by atoms with Crippen LogP contribution in [0.2, 0.25) is 0 Å². The first kappa shape index (κ1) is 18.2. The number of likely N-dealkylation sites (tertiary alicyclic amines) is 1. The van der Waals surface area contributed by atoms with E-state index in [1.807, 2.05) is 0 Å². The molecule has 2 N–H and O–H groups in total. The molecule has 1 aliphatic rings. The Bertz CT molecular complexity index is 1050. The highest BCUT2D eigenvalue weighted by Gasteiger charge is 2.39. The summed E-state index contributed by atoms with van der Waals surface area (Å²) in [5.74, 6) is -2.29. The Morgan fingerprint density at radius 2 is 1.89 bits per heavy atom. The maximum absolute atomic E-state index is 13.9. The van der Waals surface area contributed by atoms with Crippen LogP contribution < -0.4 is 5.73 Å². The topological polar surface area (TPSA) is 72.4 Å². The molecule has 1 aromatic heterocycles. The van der Waals surface area contributed by atoms with E-state index in [0.717, 1.165) is 18.2 Å². The predicted octanol–water partition coefficient (Wildman–Crippen LogP) is 3.46. The second kappa shape index (κ2) is 6.79. The zero-order valence-corrected chi connectivity index (χ0v) is 14.7. The lowest BCUT2D eigenvalue weighted by Gasteiger charge is -2.24. The number of hydrogen-bond donors (Lipinski definition) is 1. The Morgan fingerprint density at radius 1 is 1.11 bits per heavy atom. The number of carbonyl (C=O) groups is 1. The van der Waals surface area contributed by atoms with Crippen molar-refractivity contribution in [2.24, 2.45) is 5.73 Å². The van der Waals surface area contributed by atoms with Crippen LogP contribution in [0.4, 0.5) is 13.2 Å². The van der Waals surface area contributed by atoms with E-state index in [1.165, 1.54) is 23.1 Å². The molecule has 1 fully saturated rings. The van der Waals surface area contributed by atoms with E-state index in [2.05, 4.69) is 5.16 Å². The molecule has 0 saturated carbocycles. The molecule has 3 aromatic rings. The van der Waals surface area contributed by atoms with Crippen LogP contribution in [0.25, 0.3) is 11.3 Å². The summed E-state index contributed by atoms with van der Waals surface area (Å²) in [4.78, 5) is 14.2. The summed E-state index contributed by atoms with van der Waals surface area (Å²) in [6.45, 7) is 0.510. The van der Waals surface area contributed by atoms with Gasteiger partial charge in [0.05, 0.1) is 5.54 Å². The molecule has 1 unspecified atom stereocenters. The van der Waals surface area contributed by atoms with Gasteiger partial charge in [0.25, 0.3) is 5.91 Å². The molecule has 4 rings (SSSR count). The molecule has 28 heavy (non-hydrogen) atoms. The number of amides is 1. The molecular formula is C20H16F3N3O2. The summed E-state index contributed by atoms with van der Waals surface area (Å²) in [6.07, 6.45) is 0.446. The van der Waals surface area contributed by atoms with Gasteiger partial charge in [-0.15, -0.1) is 0 Å². The molecule has 1 amide bonds. The maximum Gasteiger partial charge on any atom is 0.292 e. The smallest absolute Gasteiger partial charge is 0.292 e. The van der Waals surface area contributed by atoms with Crippen LogP contribution in [-0.2, 0) is 5.54 Å². The minimum Gasteiger partial charge on any atom is -0.350 e. The van der Waals surface area contributed by atoms with Crippen molar-refractivity contribution in [2.45, 2.75) is 12.0 Å². The number of benzene rings is 2. The Labute approximate surface area is 158 Å². The fraction of sp³-hybridized carbons (Fsp3) is 0.200. The van der Waals surface area contributed by atoms with Crippen molar-refractivity contribution in [3.63, 3.8) is 0 Å². The van der Waals surface area contributed by atoms with Gasteiger partial charge in [0.2, 0.25) is 5.76 Å². The van der Waals surface area contributed by atoms with Gasteiger partial charge in [-0.1, -0.05) is 17.3 Å². The number of aromatic nitrogens is 1. The lowest BCUT2D eigenvalue weighted by Crippen LogP contribution is -2.41. The molecule has 0 bridgehead atoms. The molecule has 144 valence electrons. The quantitative estimate of drug-likeness (QED) is 0.747. The van der Waals surface area contributed by atoms with E-state index < -0.39 is 28.9 Å². The summed E-state index contributed by atoms with van der Waals surface area (Å²) in [6, 6.07) is 10.2. The molecule has 2 heterocycles. The molecule has 0 spiro atoms. The first-order chi connectivity index (χ1) is 13.4. The zero-order valence-electron chi connectivity index (χ0n) is 14.7. The summed E-state index contributed by atoms with van der Waals surface area (Å²) < 4.78 is 45.8. The van der Waals surface area contributed by atoms with Crippen LogP contribution in [0, 0.1) is 17.5 Å². The first-order valence-electron chi connectivity index (χ1n) is 8.62. The Balaban J connectivity index is 1.55. The van der Waals surface area contributed by atoms with Gasteiger partial charge < -0.3 is 15.2 Å². The minimum absolute atomic E-state index is 0.0173. The lowest BCUT2D eigenvalue weighted by atomic mass is 9.90. The minimum atomic E-state index is -0.880. The van der Waals surface area contributed by atoms with Crippen LogP contribution in [0.1, 0.15) is 22.5 Å². The Morgan fingerprint density at radius 3 is 2.68 bits per heavy atom. The van der Waals surface area contributed by atoms with E-state index in [4.69, 9.17) is 10.3 Å². The third-order valence-electron chi connectivity index (χ3n) is 4.91. The van der Waals surface area contributed by atoms with Crippen LogP contribution in [-0.4, -0.2) is 29.1 Å². The number of carbonyl (C=O) groups excluding carboxylic acids is 1. The van der Waals surface area contributed by atoms with E-state index in [1.54, 1.807) is 12.1 Å². The van der Waals surface area contributed by atoms with Crippen LogP contribution >= 0.6 is 0 Å². The van der Waals surface area contributed by atoms with Crippen molar-refractivity contribution < 1.29 is 22.5 Å². The standard InChI is InChI=1S/C20H16F3N3O2/c21-13-3-1-2-12(8-13)20(24)6-7-26(11-20)19(27)18-10-17(25-28-18)15-9-14(22)4-5-16(15)23/h1-5,8-10H,6-7,11,24H2. The SMILES string of the molecule is NC1(c2cccc(F)c2)CCN(C(=O)c2cc(-c3cc(F)ccc3F)no2)C1. The van der Waals surface area contributed by atoms with Gasteiger partial charge in [-0.3, -0.25) is 4.79 Å². The van der Waals surface area contributed by atoms with E-state index in [-0.39, 0.29) is 23.6 Å². The fourth-order valence-electron chi connectivity index (χ4n) is 3.39. The highest BCUT2D eigenvalue weighted by atomic mass is 19.1. The molecule has 5 nitrogen and oxygen atoms in total. The van der Waals surface area contributed by atoms with Gasteiger partial charge in [0.15, 0.2) is 0 Å². The molecule has 0 aliphatic carbocycles. The van der Waals surface area contributed by atoms with Gasteiger partial charge in [-0.05, 0) is 42.3 Å². The van der Waals surface area contributed by atoms with Gasteiger partial charge >= 0.3 is 0 Å². The van der Waals surface area contributed by atoms with Gasteiger partial charge in [-0.2, -0.15) is 0 Å². The number of nitrogens with zero attached hydrogens (tertiary/aromatic N) is 2. The van der Waals surface area contributed by atoms with Crippen molar-refractivity contribution >= 4 is 5.91 Å². The molecule has 8 heteroatoms. The van der Waals surface area contributed by atoms with Crippen molar-refractivity contribution in [2.75, 3.05) is 13.1 Å². The number of hydrogen-bond acceptors (Lipinski definition) is 4. The molecule has 1 saturated heterocycles. The van der Waals surface area contributed by atoms with Crippen LogP contribution in [0.5, 0.6) is 0 Å². The van der Waals surface area contributed by atoms with Crippen molar-refractivity contribution in [3.8, 4) is 11.3 Å². The average molecular weight is 387 g/mol. The van der Waals surface area contributed by atoms with Gasteiger partial charge in [0.1, 0.15) is 23.1 Å². The Kier molecular flexibility index (Phi) is 4.43. The second-order valence-corrected chi connectivity index (χ2v) is 6.84. The van der Waals surface area contributed by atoms with Crippen molar-refractivity contribution in [1.82, 2.24) is 10.1 Å². The maximum atomic E-state index is 13.9. The fourth-order valence-corrected chi connectivity index (χ4v) is 3.39. The van der Waals surface area contributed by atoms with Crippen molar-refractivity contribution in [3.05, 3.63) is 77.3 Å². The summed E-state index contributed by atoms with van der Waals surface area (Å²) >= 11 is 0. The molecule has 1 aliphatic heterocycles. The lowest BCUT2D eigenvalue weighted by molar-refractivity contribution is 0.0742. The summed E-state index contributed by atoms with van der Waals surface area (Å²) in [7, 11) is 0. The predicted molar refractivity (Wildman–Crippen MR) is 94.6 cm³/mol. The molecule has 1 atom stereocenters. The van der Waals surface area contributed by atoms with E-state index >= 15 is 0 Å². The third-order valence-corrected chi connectivity index (χ3v) is 4.91. The molecule has 0 radical (unpaired) electrons. The van der Waals surface area contributed by atoms with E-state index in [9.17, 15) is 18.0 Å². The van der Waals surface area contributed by atoms with Gasteiger partial charge in [0, 0.05) is 24.7 Å². The first-order valence-corrected chi connectivity index (χ1v) is 8.62. The summed E-state index contributed by atoms with van der Waals surface area (Å²) in [5.41, 5.74) is 6.03. The molecular weight excluding hydrogens is 371 g/mol. The highest BCUT2D eigenvalue weighted by Crippen LogP contribution is 2.31. The summed E-state index contributed by atoms with van der Waals surface area (Å²) in [5, 5.41) is 3.68. The van der Waals surface area contributed by atoms with Crippen LogP contribution in [0.15, 0.2) is 53.1 Å². The zero-order chi connectivity index (χ0) is 19.9. The Hall–Kier alpha value is -3.13. The van der Waals surface area contributed by atoms with E-state index in [0.29, 0.717) is 18.5 Å². The van der Waals surface area contributed by atoms with Crippen LogP contribution in [0.3, 0.4) is 0 Å². The molecule has 2 aromatic carbocycles. The van der Waals surface area contributed by atoms with Crippen molar-refractivity contribution in [1.29, 1.82) is 0 Å². The largest absolute Gasteiger partial charge is 0.350 e. The highest BCUT2D eigenvalue weighted by molar-refractivity contribution is 5.92. The van der Waals surface area contributed by atoms with Gasteiger partial charge in [-0.25, -0.2) is 13.2 Å². The normalized spacial score (nSPS) is 19.2. The third kappa shape index (κ3) is 3.27. The average Bonchev–Trinajstić information content (AvgIpc) is 3.31. The number of rotatable bonds is 3. The monoisotopic (exact) mass is 387 g/mol. The second-order valence-electron chi connectivity index (χ2n) is 6.84. The number of nitrogens with two attached hydrogens (primary N) is 1.